The molecule has 1 aromatic rings. The van der Waals surface area contributed by atoms with Crippen molar-refractivity contribution in [2.45, 2.75) is 34.1 Å². The third-order valence-electron chi connectivity index (χ3n) is 2.82. The summed E-state index contributed by atoms with van der Waals surface area (Å²) in [5.74, 6) is 0.986. The smallest absolute Gasteiger partial charge is 0.122 e. The maximum absolute atomic E-state index is 5.34. The third-order valence-corrected chi connectivity index (χ3v) is 2.82. The Balaban J connectivity index is 3.07. The second kappa shape index (κ2) is 5.01. The molecule has 0 N–H and O–H groups in total. The Morgan fingerprint density at radius 2 is 1.93 bits per heavy atom. The zero-order valence-corrected chi connectivity index (χ0v) is 10.3. The molecule has 0 aliphatic heterocycles. The van der Waals surface area contributed by atoms with Gasteiger partial charge >= 0.3 is 0 Å². The second-order valence-corrected chi connectivity index (χ2v) is 4.06. The average molecular weight is 204 g/mol. The van der Waals surface area contributed by atoms with Gasteiger partial charge in [0.05, 0.1) is 7.11 Å². The molecule has 0 aliphatic carbocycles. The zero-order chi connectivity index (χ0) is 11.4. The molecule has 0 amide bonds. The summed E-state index contributed by atoms with van der Waals surface area (Å²) in [6, 6.07) is 4.34. The molecule has 0 spiro atoms. The fourth-order valence-electron chi connectivity index (χ4n) is 1.69. The van der Waals surface area contributed by atoms with E-state index in [-0.39, 0.29) is 0 Å². The van der Waals surface area contributed by atoms with Crippen LogP contribution in [0.25, 0.3) is 0 Å². The van der Waals surface area contributed by atoms with Gasteiger partial charge in [0, 0.05) is 0 Å². The molecule has 82 valence electrons. The lowest BCUT2D eigenvalue weighted by atomic mass is 9.99. The number of ether oxygens (including phenoxy) is 1. The standard InChI is InChI=1S/C14H20O/c1-6-10(2)7-13-9-14(15-5)12(4)8-11(13)3/h6,8-9H,7H2,1-5H3. The van der Waals surface area contributed by atoms with Crippen LogP contribution in [0.3, 0.4) is 0 Å². The number of allylic oxidation sites excluding steroid dienone is 2. The minimum Gasteiger partial charge on any atom is -0.496 e. The van der Waals surface area contributed by atoms with E-state index in [1.807, 2.05) is 0 Å². The molecule has 15 heavy (non-hydrogen) atoms. The first-order valence-corrected chi connectivity index (χ1v) is 5.34. The van der Waals surface area contributed by atoms with Crippen LogP contribution in [0.15, 0.2) is 23.8 Å². The van der Waals surface area contributed by atoms with Crippen LogP contribution in [0.2, 0.25) is 0 Å². The van der Waals surface area contributed by atoms with Gasteiger partial charge in [0.25, 0.3) is 0 Å². The monoisotopic (exact) mass is 204 g/mol. The van der Waals surface area contributed by atoms with Gasteiger partial charge in [-0.1, -0.05) is 17.7 Å². The van der Waals surface area contributed by atoms with E-state index in [2.05, 4.69) is 45.9 Å². The molecule has 0 heterocycles. The predicted octanol–water partition coefficient (Wildman–Crippen LogP) is 3.82. The summed E-state index contributed by atoms with van der Waals surface area (Å²) in [5.41, 5.74) is 5.29. The molecule has 1 nitrogen and oxygen atoms in total. The number of aryl methyl sites for hydroxylation is 2. The molecular weight excluding hydrogens is 184 g/mol. The lowest BCUT2D eigenvalue weighted by Gasteiger charge is -2.11. The first-order chi connectivity index (χ1) is 7.08. The molecule has 0 aromatic heterocycles. The van der Waals surface area contributed by atoms with Crippen LogP contribution < -0.4 is 4.74 Å². The van der Waals surface area contributed by atoms with Gasteiger partial charge < -0.3 is 4.74 Å². The second-order valence-electron chi connectivity index (χ2n) is 4.06. The van der Waals surface area contributed by atoms with Crippen LogP contribution in [0.1, 0.15) is 30.5 Å². The number of hydrogen-bond acceptors (Lipinski definition) is 1. The number of methoxy groups -OCH3 is 1. The van der Waals surface area contributed by atoms with Crippen molar-refractivity contribution in [1.82, 2.24) is 0 Å². The Hall–Kier alpha value is -1.24. The van der Waals surface area contributed by atoms with E-state index in [1.54, 1.807) is 7.11 Å². The minimum atomic E-state index is 0.986. The molecule has 1 heteroatoms. The Labute approximate surface area is 92.8 Å². The van der Waals surface area contributed by atoms with Gasteiger partial charge in [-0.25, -0.2) is 0 Å². The summed E-state index contributed by atoms with van der Waals surface area (Å²) in [4.78, 5) is 0. The van der Waals surface area contributed by atoms with Gasteiger partial charge in [0.1, 0.15) is 5.75 Å². The quantitative estimate of drug-likeness (QED) is 0.680. The van der Waals surface area contributed by atoms with E-state index in [4.69, 9.17) is 4.74 Å². The van der Waals surface area contributed by atoms with Gasteiger partial charge in [-0.2, -0.15) is 0 Å². The highest BCUT2D eigenvalue weighted by atomic mass is 16.5. The van der Waals surface area contributed by atoms with Crippen LogP contribution in [-0.4, -0.2) is 7.11 Å². The van der Waals surface area contributed by atoms with Crippen LogP contribution in [0, 0.1) is 13.8 Å². The maximum atomic E-state index is 5.34. The Morgan fingerprint density at radius 3 is 2.47 bits per heavy atom. The van der Waals surface area contributed by atoms with Crippen molar-refractivity contribution in [3.05, 3.63) is 40.5 Å². The van der Waals surface area contributed by atoms with Crippen LogP contribution in [0.5, 0.6) is 5.75 Å². The Morgan fingerprint density at radius 1 is 1.27 bits per heavy atom. The third kappa shape index (κ3) is 2.85. The van der Waals surface area contributed by atoms with E-state index in [9.17, 15) is 0 Å². The molecular formula is C14H20O. The van der Waals surface area contributed by atoms with E-state index < -0.39 is 0 Å². The topological polar surface area (TPSA) is 9.23 Å². The van der Waals surface area contributed by atoms with Crippen LogP contribution >= 0.6 is 0 Å². The average Bonchev–Trinajstić information content (AvgIpc) is 2.21. The number of hydrogen-bond donors (Lipinski definition) is 0. The highest BCUT2D eigenvalue weighted by molar-refractivity contribution is 5.42. The molecule has 0 bridgehead atoms. The van der Waals surface area contributed by atoms with Crippen molar-refractivity contribution in [3.63, 3.8) is 0 Å². The van der Waals surface area contributed by atoms with Crippen molar-refractivity contribution in [2.75, 3.05) is 7.11 Å². The molecule has 0 saturated carbocycles. The van der Waals surface area contributed by atoms with Gasteiger partial charge in [0.15, 0.2) is 0 Å². The largest absolute Gasteiger partial charge is 0.496 e. The summed E-state index contributed by atoms with van der Waals surface area (Å²) in [6.45, 7) is 8.48. The first-order valence-electron chi connectivity index (χ1n) is 5.34. The fraction of sp³-hybridized carbons (Fsp3) is 0.429. The highest BCUT2D eigenvalue weighted by Gasteiger charge is 2.05. The van der Waals surface area contributed by atoms with Gasteiger partial charge in [-0.15, -0.1) is 0 Å². The fourth-order valence-corrected chi connectivity index (χ4v) is 1.69. The van der Waals surface area contributed by atoms with Crippen molar-refractivity contribution in [3.8, 4) is 5.75 Å². The van der Waals surface area contributed by atoms with E-state index in [0.29, 0.717) is 0 Å². The summed E-state index contributed by atoms with van der Waals surface area (Å²) >= 11 is 0. The van der Waals surface area contributed by atoms with Crippen molar-refractivity contribution in [1.29, 1.82) is 0 Å². The Bertz CT molecular complexity index is 375. The molecule has 1 aromatic carbocycles. The van der Waals surface area contributed by atoms with Crippen molar-refractivity contribution in [2.24, 2.45) is 0 Å². The van der Waals surface area contributed by atoms with Crippen molar-refractivity contribution >= 4 is 0 Å². The number of rotatable bonds is 3. The summed E-state index contributed by atoms with van der Waals surface area (Å²) in [7, 11) is 1.73. The normalized spacial score (nSPS) is 11.7. The molecule has 1 rings (SSSR count). The van der Waals surface area contributed by atoms with Gasteiger partial charge in [0.2, 0.25) is 0 Å². The van der Waals surface area contributed by atoms with Crippen molar-refractivity contribution < 1.29 is 4.74 Å². The van der Waals surface area contributed by atoms with E-state index in [0.717, 1.165) is 12.2 Å². The molecule has 0 unspecified atom stereocenters. The zero-order valence-electron chi connectivity index (χ0n) is 10.3. The molecule has 0 aliphatic rings. The molecule has 0 fully saturated rings. The SMILES string of the molecule is CC=C(C)Cc1cc(OC)c(C)cc1C. The molecule has 0 atom stereocenters. The number of benzene rings is 1. The highest BCUT2D eigenvalue weighted by Crippen LogP contribution is 2.24. The van der Waals surface area contributed by atoms with Gasteiger partial charge in [-0.05, 0) is 56.9 Å². The van der Waals surface area contributed by atoms with Gasteiger partial charge in [-0.3, -0.25) is 0 Å². The maximum Gasteiger partial charge on any atom is 0.122 e. The van der Waals surface area contributed by atoms with E-state index >= 15 is 0 Å². The molecule has 0 radical (unpaired) electrons. The predicted molar refractivity (Wildman–Crippen MR) is 65.6 cm³/mol. The van der Waals surface area contributed by atoms with Crippen LogP contribution in [0.4, 0.5) is 0 Å². The van der Waals surface area contributed by atoms with Crippen LogP contribution in [-0.2, 0) is 6.42 Å². The summed E-state index contributed by atoms with van der Waals surface area (Å²) in [5, 5.41) is 0. The lowest BCUT2D eigenvalue weighted by molar-refractivity contribution is 0.411. The molecule has 0 saturated heterocycles. The summed E-state index contributed by atoms with van der Waals surface area (Å²) < 4.78 is 5.34. The minimum absolute atomic E-state index is 0.986. The Kier molecular flexibility index (Phi) is 3.96. The lowest BCUT2D eigenvalue weighted by Crippen LogP contribution is -1.95. The summed E-state index contributed by atoms with van der Waals surface area (Å²) in [6.07, 6.45) is 3.17. The first kappa shape index (κ1) is 11.8. The van der Waals surface area contributed by atoms with E-state index in [1.165, 1.54) is 22.3 Å².